The lowest BCUT2D eigenvalue weighted by Gasteiger charge is -2.20. The van der Waals surface area contributed by atoms with Crippen molar-refractivity contribution in [2.24, 2.45) is 0 Å². The molecule has 2 N–H and O–H groups in total. The van der Waals surface area contributed by atoms with Gasteiger partial charge in [-0.15, -0.1) is 0 Å². The van der Waals surface area contributed by atoms with E-state index in [0.717, 1.165) is 11.1 Å². The Labute approximate surface area is 139 Å². The van der Waals surface area contributed by atoms with E-state index in [9.17, 15) is 9.18 Å². The average Bonchev–Trinajstić information content (AvgIpc) is 2.63. The van der Waals surface area contributed by atoms with Gasteiger partial charge < -0.3 is 10.6 Å². The van der Waals surface area contributed by atoms with Crippen LogP contribution in [0.5, 0.6) is 0 Å². The van der Waals surface area contributed by atoms with E-state index in [-0.39, 0.29) is 11.7 Å². The number of benzene rings is 2. The van der Waals surface area contributed by atoms with Gasteiger partial charge in [0.2, 0.25) is 0 Å². The van der Waals surface area contributed by atoms with E-state index in [1.165, 1.54) is 12.1 Å². The topological polar surface area (TPSA) is 54.0 Å². The van der Waals surface area contributed by atoms with Crippen LogP contribution in [0, 0.1) is 5.82 Å². The Balaban J connectivity index is 1.82. The molecule has 4 nitrogen and oxygen atoms in total. The minimum Gasteiger partial charge on any atom is -0.327 e. The quantitative estimate of drug-likeness (QED) is 0.759. The SMILES string of the molecule is O=C(Nc1ccccc1F)N[C@@H](c1ccccc1)c1ccncc1. The number of rotatable bonds is 4. The van der Waals surface area contributed by atoms with E-state index in [0.29, 0.717) is 0 Å². The molecule has 0 aliphatic carbocycles. The third kappa shape index (κ3) is 3.76. The lowest BCUT2D eigenvalue weighted by molar-refractivity contribution is 0.250. The van der Waals surface area contributed by atoms with Crippen LogP contribution in [0.2, 0.25) is 0 Å². The second-order valence-electron chi connectivity index (χ2n) is 5.20. The highest BCUT2D eigenvalue weighted by molar-refractivity contribution is 5.89. The number of nitrogens with one attached hydrogen (secondary N) is 2. The fourth-order valence-corrected chi connectivity index (χ4v) is 2.41. The Hall–Kier alpha value is -3.21. The first-order valence-electron chi connectivity index (χ1n) is 7.51. The Morgan fingerprint density at radius 1 is 0.875 bits per heavy atom. The van der Waals surface area contributed by atoms with E-state index < -0.39 is 11.8 Å². The van der Waals surface area contributed by atoms with Crippen molar-refractivity contribution in [3.63, 3.8) is 0 Å². The highest BCUT2D eigenvalue weighted by atomic mass is 19.1. The zero-order chi connectivity index (χ0) is 16.8. The number of amides is 2. The van der Waals surface area contributed by atoms with E-state index in [1.807, 2.05) is 42.5 Å². The first-order chi connectivity index (χ1) is 11.7. The number of pyridine rings is 1. The molecule has 2 amide bonds. The van der Waals surface area contributed by atoms with E-state index in [4.69, 9.17) is 0 Å². The molecule has 3 aromatic rings. The summed E-state index contributed by atoms with van der Waals surface area (Å²) >= 11 is 0. The Morgan fingerprint density at radius 2 is 1.50 bits per heavy atom. The summed E-state index contributed by atoms with van der Waals surface area (Å²) in [6, 6.07) is 18.4. The van der Waals surface area contributed by atoms with Crippen LogP contribution in [0.15, 0.2) is 79.1 Å². The summed E-state index contributed by atoms with van der Waals surface area (Å²) in [7, 11) is 0. The molecule has 1 heterocycles. The summed E-state index contributed by atoms with van der Waals surface area (Å²) in [4.78, 5) is 16.3. The van der Waals surface area contributed by atoms with Crippen molar-refractivity contribution in [1.29, 1.82) is 0 Å². The van der Waals surface area contributed by atoms with Crippen molar-refractivity contribution in [1.82, 2.24) is 10.3 Å². The molecule has 5 heteroatoms. The Kier molecular flexibility index (Phi) is 4.81. The van der Waals surface area contributed by atoms with Gasteiger partial charge in [-0.2, -0.15) is 0 Å². The van der Waals surface area contributed by atoms with Gasteiger partial charge in [-0.1, -0.05) is 42.5 Å². The van der Waals surface area contributed by atoms with Crippen LogP contribution in [-0.2, 0) is 0 Å². The molecule has 120 valence electrons. The second-order valence-corrected chi connectivity index (χ2v) is 5.20. The maximum Gasteiger partial charge on any atom is 0.320 e. The molecular formula is C19H16FN3O. The maximum absolute atomic E-state index is 13.7. The van der Waals surface area contributed by atoms with Gasteiger partial charge in [-0.05, 0) is 35.4 Å². The maximum atomic E-state index is 13.7. The third-order valence-corrected chi connectivity index (χ3v) is 3.57. The smallest absolute Gasteiger partial charge is 0.320 e. The van der Waals surface area contributed by atoms with Crippen LogP contribution in [0.3, 0.4) is 0 Å². The summed E-state index contributed by atoms with van der Waals surface area (Å²) in [6.07, 6.45) is 3.34. The first-order valence-corrected chi connectivity index (χ1v) is 7.51. The number of anilines is 1. The van der Waals surface area contributed by atoms with Gasteiger partial charge in [0.15, 0.2) is 0 Å². The van der Waals surface area contributed by atoms with Gasteiger partial charge in [-0.3, -0.25) is 4.98 Å². The molecule has 1 atom stereocenters. The van der Waals surface area contributed by atoms with Gasteiger partial charge in [0.05, 0.1) is 11.7 Å². The fraction of sp³-hybridized carbons (Fsp3) is 0.0526. The van der Waals surface area contributed by atoms with E-state index in [2.05, 4.69) is 15.6 Å². The predicted molar refractivity (Wildman–Crippen MR) is 91.1 cm³/mol. The van der Waals surface area contributed by atoms with Crippen molar-refractivity contribution in [3.05, 3.63) is 96.1 Å². The van der Waals surface area contributed by atoms with Crippen molar-refractivity contribution >= 4 is 11.7 Å². The fourth-order valence-electron chi connectivity index (χ4n) is 2.41. The molecule has 3 rings (SSSR count). The number of urea groups is 1. The van der Waals surface area contributed by atoms with Crippen LogP contribution >= 0.6 is 0 Å². The van der Waals surface area contributed by atoms with Gasteiger partial charge in [0, 0.05) is 12.4 Å². The number of aromatic nitrogens is 1. The number of nitrogens with zero attached hydrogens (tertiary/aromatic N) is 1. The van der Waals surface area contributed by atoms with Crippen LogP contribution in [0.1, 0.15) is 17.2 Å². The molecular weight excluding hydrogens is 305 g/mol. The van der Waals surface area contributed by atoms with Crippen LogP contribution in [-0.4, -0.2) is 11.0 Å². The average molecular weight is 321 g/mol. The number of hydrogen-bond acceptors (Lipinski definition) is 2. The number of carbonyl (C=O) groups is 1. The zero-order valence-electron chi connectivity index (χ0n) is 12.8. The van der Waals surface area contributed by atoms with E-state index in [1.54, 1.807) is 24.5 Å². The third-order valence-electron chi connectivity index (χ3n) is 3.57. The van der Waals surface area contributed by atoms with Gasteiger partial charge in [0.25, 0.3) is 0 Å². The monoisotopic (exact) mass is 321 g/mol. The molecule has 0 aliphatic rings. The largest absolute Gasteiger partial charge is 0.327 e. The van der Waals surface area contributed by atoms with E-state index >= 15 is 0 Å². The molecule has 0 aliphatic heterocycles. The van der Waals surface area contributed by atoms with Crippen molar-refractivity contribution in [2.45, 2.75) is 6.04 Å². The zero-order valence-corrected chi connectivity index (χ0v) is 12.8. The van der Waals surface area contributed by atoms with Crippen molar-refractivity contribution in [3.8, 4) is 0 Å². The lowest BCUT2D eigenvalue weighted by atomic mass is 10.00. The second kappa shape index (κ2) is 7.37. The summed E-state index contributed by atoms with van der Waals surface area (Å²) in [5.41, 5.74) is 1.95. The van der Waals surface area contributed by atoms with Crippen molar-refractivity contribution in [2.75, 3.05) is 5.32 Å². The lowest BCUT2D eigenvalue weighted by Crippen LogP contribution is -2.33. The number of halogens is 1. The summed E-state index contributed by atoms with van der Waals surface area (Å²) in [6.45, 7) is 0. The standard InChI is InChI=1S/C19H16FN3O/c20-16-8-4-5-9-17(16)22-19(24)23-18(14-6-2-1-3-7-14)15-10-12-21-13-11-15/h1-13,18H,(H2,22,23,24)/t18-/m0/s1. The van der Waals surface area contributed by atoms with Crippen LogP contribution in [0.4, 0.5) is 14.9 Å². The molecule has 1 aromatic heterocycles. The van der Waals surface area contributed by atoms with Gasteiger partial charge >= 0.3 is 6.03 Å². The summed E-state index contributed by atoms with van der Waals surface area (Å²) in [5, 5.41) is 5.42. The molecule has 2 aromatic carbocycles. The van der Waals surface area contributed by atoms with Crippen molar-refractivity contribution < 1.29 is 9.18 Å². The number of hydrogen-bond donors (Lipinski definition) is 2. The molecule has 24 heavy (non-hydrogen) atoms. The first kappa shape index (κ1) is 15.7. The van der Waals surface area contributed by atoms with Gasteiger partial charge in [0.1, 0.15) is 5.82 Å². The highest BCUT2D eigenvalue weighted by Crippen LogP contribution is 2.21. The Morgan fingerprint density at radius 3 is 2.21 bits per heavy atom. The highest BCUT2D eigenvalue weighted by Gasteiger charge is 2.17. The van der Waals surface area contributed by atoms with Crippen LogP contribution < -0.4 is 10.6 Å². The molecule has 0 fully saturated rings. The molecule has 0 saturated carbocycles. The molecule has 0 unspecified atom stereocenters. The molecule has 0 bridgehead atoms. The minimum atomic E-state index is -0.481. The number of carbonyl (C=O) groups excluding carboxylic acids is 1. The Bertz CT molecular complexity index is 770. The summed E-state index contributed by atoms with van der Waals surface area (Å²) in [5.74, 6) is -0.479. The molecule has 0 spiro atoms. The van der Waals surface area contributed by atoms with Crippen LogP contribution in [0.25, 0.3) is 0 Å². The molecule has 0 saturated heterocycles. The minimum absolute atomic E-state index is 0.136. The van der Waals surface area contributed by atoms with Gasteiger partial charge in [-0.25, -0.2) is 9.18 Å². The normalized spacial score (nSPS) is 11.5. The molecule has 0 radical (unpaired) electrons. The predicted octanol–water partition coefficient (Wildman–Crippen LogP) is 4.13. The number of para-hydroxylation sites is 1. The summed E-state index contributed by atoms with van der Waals surface area (Å²) < 4.78 is 13.7.